The number of aryl methyl sites for hydroxylation is 2. The largest absolute Gasteiger partial charge is 0.497 e. The molecule has 0 bridgehead atoms. The van der Waals surface area contributed by atoms with Gasteiger partial charge in [0.15, 0.2) is 0 Å². The molecule has 3 nitrogen and oxygen atoms in total. The van der Waals surface area contributed by atoms with E-state index in [0.29, 0.717) is 5.76 Å². The highest BCUT2D eigenvalue weighted by atomic mass is 16.5. The van der Waals surface area contributed by atoms with Gasteiger partial charge >= 0.3 is 0 Å². The molecule has 108 valence electrons. The van der Waals surface area contributed by atoms with E-state index < -0.39 is 6.10 Å². The number of rotatable bonds is 3. The fourth-order valence-corrected chi connectivity index (χ4v) is 2.55. The quantitative estimate of drug-likeness (QED) is 0.785. The number of aliphatic hydroxyl groups is 1. The highest BCUT2D eigenvalue weighted by Crippen LogP contribution is 2.31. The van der Waals surface area contributed by atoms with E-state index in [2.05, 4.69) is 6.07 Å². The molecule has 0 saturated carbocycles. The lowest BCUT2D eigenvalue weighted by molar-refractivity contribution is 0.191. The fourth-order valence-electron chi connectivity index (χ4n) is 2.55. The maximum atomic E-state index is 10.6. The van der Waals surface area contributed by atoms with Crippen LogP contribution in [0.5, 0.6) is 5.75 Å². The monoisotopic (exact) mass is 282 g/mol. The smallest absolute Gasteiger partial charge is 0.138 e. The van der Waals surface area contributed by atoms with E-state index >= 15 is 0 Å². The van der Waals surface area contributed by atoms with Gasteiger partial charge in [-0.1, -0.05) is 17.7 Å². The van der Waals surface area contributed by atoms with E-state index in [4.69, 9.17) is 9.15 Å². The molecule has 0 aliphatic heterocycles. The summed E-state index contributed by atoms with van der Waals surface area (Å²) in [5.41, 5.74) is 3.76. The van der Waals surface area contributed by atoms with Crippen LogP contribution in [0.3, 0.4) is 0 Å². The summed E-state index contributed by atoms with van der Waals surface area (Å²) >= 11 is 0. The van der Waals surface area contributed by atoms with Gasteiger partial charge in [0.1, 0.15) is 23.2 Å². The second-order valence-electron chi connectivity index (χ2n) is 5.32. The minimum atomic E-state index is -0.774. The molecular formula is C18H18O3. The second kappa shape index (κ2) is 5.26. The van der Waals surface area contributed by atoms with Crippen LogP contribution in [0.25, 0.3) is 11.0 Å². The third kappa shape index (κ3) is 2.52. The minimum absolute atomic E-state index is 0.559. The second-order valence-corrected chi connectivity index (χ2v) is 5.32. The van der Waals surface area contributed by atoms with Crippen LogP contribution in [0.1, 0.15) is 28.6 Å². The lowest BCUT2D eigenvalue weighted by Crippen LogP contribution is -2.01. The molecule has 0 spiro atoms. The van der Waals surface area contributed by atoms with Gasteiger partial charge in [0.25, 0.3) is 0 Å². The zero-order chi connectivity index (χ0) is 15.0. The van der Waals surface area contributed by atoms with Crippen LogP contribution >= 0.6 is 0 Å². The number of methoxy groups -OCH3 is 1. The first-order chi connectivity index (χ1) is 10.1. The van der Waals surface area contributed by atoms with Crippen LogP contribution in [0.2, 0.25) is 0 Å². The summed E-state index contributed by atoms with van der Waals surface area (Å²) in [4.78, 5) is 0. The van der Waals surface area contributed by atoms with Gasteiger partial charge in [-0.2, -0.15) is 0 Å². The average Bonchev–Trinajstić information content (AvgIpc) is 2.89. The zero-order valence-corrected chi connectivity index (χ0v) is 12.4. The van der Waals surface area contributed by atoms with Gasteiger partial charge in [-0.3, -0.25) is 0 Å². The third-order valence-corrected chi connectivity index (χ3v) is 3.73. The SMILES string of the molecule is COc1ccc(C(O)c2cc3cc(C)ccc3o2)c(C)c1. The van der Waals surface area contributed by atoms with E-state index in [1.807, 2.05) is 50.2 Å². The number of hydrogen-bond acceptors (Lipinski definition) is 3. The summed E-state index contributed by atoms with van der Waals surface area (Å²) in [6.07, 6.45) is -0.774. The van der Waals surface area contributed by atoms with Crippen molar-refractivity contribution in [3.05, 3.63) is 64.9 Å². The lowest BCUT2D eigenvalue weighted by Gasteiger charge is -2.12. The van der Waals surface area contributed by atoms with E-state index in [1.54, 1.807) is 7.11 Å². The molecule has 3 heteroatoms. The Hall–Kier alpha value is -2.26. The molecule has 1 atom stereocenters. The van der Waals surface area contributed by atoms with Crippen molar-refractivity contribution in [3.8, 4) is 5.75 Å². The van der Waals surface area contributed by atoms with Crippen LogP contribution in [-0.2, 0) is 0 Å². The Morgan fingerprint density at radius 3 is 2.57 bits per heavy atom. The van der Waals surface area contributed by atoms with Crippen LogP contribution in [-0.4, -0.2) is 12.2 Å². The van der Waals surface area contributed by atoms with Crippen molar-refractivity contribution in [1.82, 2.24) is 0 Å². The topological polar surface area (TPSA) is 42.6 Å². The lowest BCUT2D eigenvalue weighted by atomic mass is 10.0. The predicted octanol–water partition coefficient (Wildman–Crippen LogP) is 4.14. The molecule has 3 aromatic rings. The molecule has 2 aromatic carbocycles. The van der Waals surface area contributed by atoms with Crippen molar-refractivity contribution < 1.29 is 14.3 Å². The molecule has 21 heavy (non-hydrogen) atoms. The summed E-state index contributed by atoms with van der Waals surface area (Å²) in [5.74, 6) is 1.34. The molecule has 0 aliphatic rings. The van der Waals surface area contributed by atoms with Gasteiger partial charge in [-0.05, 0) is 55.3 Å². The van der Waals surface area contributed by atoms with Gasteiger partial charge in [0, 0.05) is 5.39 Å². The standard InChI is InChI=1S/C18H18O3/c1-11-4-7-16-13(8-11)10-17(21-16)18(19)15-6-5-14(20-3)9-12(15)2/h4-10,18-19H,1-3H3. The molecule has 1 N–H and O–H groups in total. The van der Waals surface area contributed by atoms with Crippen molar-refractivity contribution in [2.75, 3.05) is 7.11 Å². The van der Waals surface area contributed by atoms with Crippen molar-refractivity contribution in [1.29, 1.82) is 0 Å². The van der Waals surface area contributed by atoms with Crippen LogP contribution in [0.4, 0.5) is 0 Å². The molecule has 0 saturated heterocycles. The highest BCUT2D eigenvalue weighted by Gasteiger charge is 2.18. The molecule has 1 unspecified atom stereocenters. The van der Waals surface area contributed by atoms with E-state index in [0.717, 1.165) is 27.8 Å². The summed E-state index contributed by atoms with van der Waals surface area (Å²) < 4.78 is 11.0. The van der Waals surface area contributed by atoms with Gasteiger partial charge in [0.05, 0.1) is 7.11 Å². The Morgan fingerprint density at radius 2 is 1.86 bits per heavy atom. The number of aliphatic hydroxyl groups excluding tert-OH is 1. The van der Waals surface area contributed by atoms with Gasteiger partial charge in [0.2, 0.25) is 0 Å². The Balaban J connectivity index is 2.01. The number of benzene rings is 2. The summed E-state index contributed by atoms with van der Waals surface area (Å²) in [6.45, 7) is 3.99. The first-order valence-corrected chi connectivity index (χ1v) is 6.91. The van der Waals surface area contributed by atoms with Crippen molar-refractivity contribution >= 4 is 11.0 Å². The van der Waals surface area contributed by atoms with E-state index in [1.165, 1.54) is 5.56 Å². The number of hydrogen-bond donors (Lipinski definition) is 1. The Morgan fingerprint density at radius 1 is 1.05 bits per heavy atom. The molecule has 1 aromatic heterocycles. The average molecular weight is 282 g/mol. The first kappa shape index (κ1) is 13.7. The van der Waals surface area contributed by atoms with E-state index in [-0.39, 0.29) is 0 Å². The fraction of sp³-hybridized carbons (Fsp3) is 0.222. The number of fused-ring (bicyclic) bond motifs is 1. The van der Waals surface area contributed by atoms with Crippen LogP contribution in [0, 0.1) is 13.8 Å². The van der Waals surface area contributed by atoms with Crippen molar-refractivity contribution in [3.63, 3.8) is 0 Å². The van der Waals surface area contributed by atoms with Crippen LogP contribution in [0.15, 0.2) is 46.9 Å². The molecule has 3 rings (SSSR count). The summed E-state index contributed by atoms with van der Waals surface area (Å²) in [6, 6.07) is 13.5. The molecular weight excluding hydrogens is 264 g/mol. The number of ether oxygens (including phenoxy) is 1. The molecule has 0 aliphatic carbocycles. The Bertz CT molecular complexity index is 786. The molecule has 1 heterocycles. The molecule has 0 radical (unpaired) electrons. The molecule has 0 fully saturated rings. The highest BCUT2D eigenvalue weighted by molar-refractivity contribution is 5.78. The number of furan rings is 1. The first-order valence-electron chi connectivity index (χ1n) is 6.91. The van der Waals surface area contributed by atoms with Gasteiger partial charge < -0.3 is 14.3 Å². The maximum absolute atomic E-state index is 10.6. The minimum Gasteiger partial charge on any atom is -0.497 e. The van der Waals surface area contributed by atoms with Crippen LogP contribution < -0.4 is 4.74 Å². The summed E-state index contributed by atoms with van der Waals surface area (Å²) in [5, 5.41) is 11.6. The van der Waals surface area contributed by atoms with E-state index in [9.17, 15) is 5.11 Å². The summed E-state index contributed by atoms with van der Waals surface area (Å²) in [7, 11) is 1.63. The van der Waals surface area contributed by atoms with Crippen molar-refractivity contribution in [2.24, 2.45) is 0 Å². The van der Waals surface area contributed by atoms with Crippen molar-refractivity contribution in [2.45, 2.75) is 20.0 Å². The zero-order valence-electron chi connectivity index (χ0n) is 12.4. The molecule has 0 amide bonds. The Kier molecular flexibility index (Phi) is 3.43. The maximum Gasteiger partial charge on any atom is 0.138 e. The Labute approximate surface area is 123 Å². The normalized spacial score (nSPS) is 12.6. The van der Waals surface area contributed by atoms with Gasteiger partial charge in [-0.15, -0.1) is 0 Å². The third-order valence-electron chi connectivity index (χ3n) is 3.73. The van der Waals surface area contributed by atoms with Gasteiger partial charge in [-0.25, -0.2) is 0 Å². The predicted molar refractivity (Wildman–Crippen MR) is 82.7 cm³/mol.